The minimum atomic E-state index is -0.0886. The maximum atomic E-state index is 13.0. The van der Waals surface area contributed by atoms with E-state index in [0.29, 0.717) is 25.3 Å². The molecule has 1 atom stereocenters. The lowest BCUT2D eigenvalue weighted by Gasteiger charge is -2.25. The Morgan fingerprint density at radius 1 is 1.50 bits per heavy atom. The quantitative estimate of drug-likeness (QED) is 0.777. The second-order valence-corrected chi connectivity index (χ2v) is 6.95. The van der Waals surface area contributed by atoms with E-state index in [9.17, 15) is 4.79 Å². The van der Waals surface area contributed by atoms with E-state index in [-0.39, 0.29) is 24.4 Å². The predicted octanol–water partition coefficient (Wildman–Crippen LogP) is 2.85. The Morgan fingerprint density at radius 2 is 2.35 bits per heavy atom. The Kier molecular flexibility index (Phi) is 7.84. The zero-order valence-electron chi connectivity index (χ0n) is 14.7. The Morgan fingerprint density at radius 3 is 3.00 bits per heavy atom. The van der Waals surface area contributed by atoms with Crippen molar-refractivity contribution in [2.24, 2.45) is 5.73 Å². The van der Waals surface area contributed by atoms with Gasteiger partial charge >= 0.3 is 0 Å². The molecular weight excluding hydrogens is 374 g/mol. The Hall–Kier alpha value is -1.67. The number of rotatable bonds is 7. The number of methoxy groups -OCH3 is 1. The van der Waals surface area contributed by atoms with Crippen molar-refractivity contribution >= 4 is 29.7 Å². The molecule has 0 spiro atoms. The van der Waals surface area contributed by atoms with Crippen molar-refractivity contribution in [3.05, 3.63) is 45.9 Å². The lowest BCUT2D eigenvalue weighted by molar-refractivity contribution is 0.0503. The molecule has 1 aromatic carbocycles. The molecule has 1 fully saturated rings. The molecular formula is C18H24ClN3O3S. The molecule has 6 nitrogen and oxygen atoms in total. The molecule has 1 aliphatic heterocycles. The fraction of sp³-hybridized carbons (Fsp3) is 0.444. The lowest BCUT2D eigenvalue weighted by Crippen LogP contribution is -2.37. The zero-order chi connectivity index (χ0) is 17.6. The molecule has 0 bridgehead atoms. The number of amides is 1. The molecule has 1 aromatic heterocycles. The van der Waals surface area contributed by atoms with Crippen molar-refractivity contribution in [2.75, 3.05) is 20.3 Å². The van der Waals surface area contributed by atoms with Crippen LogP contribution in [-0.2, 0) is 17.8 Å². The van der Waals surface area contributed by atoms with E-state index in [0.717, 1.165) is 35.8 Å². The third kappa shape index (κ3) is 5.17. The topological polar surface area (TPSA) is 77.7 Å². The largest absolute Gasteiger partial charge is 0.497 e. The van der Waals surface area contributed by atoms with E-state index in [1.54, 1.807) is 17.4 Å². The molecule has 8 heteroatoms. The average molecular weight is 398 g/mol. The van der Waals surface area contributed by atoms with Crippen LogP contribution >= 0.6 is 23.7 Å². The second-order valence-electron chi connectivity index (χ2n) is 6.00. The van der Waals surface area contributed by atoms with Gasteiger partial charge in [0.1, 0.15) is 16.5 Å². The third-order valence-electron chi connectivity index (χ3n) is 4.19. The third-order valence-corrected chi connectivity index (χ3v) is 5.06. The number of aromatic nitrogens is 1. The number of benzene rings is 1. The van der Waals surface area contributed by atoms with Gasteiger partial charge in [0.05, 0.1) is 13.2 Å². The van der Waals surface area contributed by atoms with E-state index in [2.05, 4.69) is 4.98 Å². The lowest BCUT2D eigenvalue weighted by atomic mass is 10.1. The summed E-state index contributed by atoms with van der Waals surface area (Å²) in [5.74, 6) is 0.690. The zero-order valence-corrected chi connectivity index (χ0v) is 16.4. The van der Waals surface area contributed by atoms with Crippen LogP contribution in [0.2, 0.25) is 0 Å². The van der Waals surface area contributed by atoms with Gasteiger partial charge in [-0.3, -0.25) is 4.79 Å². The van der Waals surface area contributed by atoms with E-state index in [1.807, 2.05) is 24.3 Å². The van der Waals surface area contributed by atoms with Crippen molar-refractivity contribution in [3.63, 3.8) is 0 Å². The minimum Gasteiger partial charge on any atom is -0.497 e. The first-order valence-corrected chi connectivity index (χ1v) is 9.26. The number of nitrogens with two attached hydrogens (primary N) is 1. The number of thiazole rings is 1. The summed E-state index contributed by atoms with van der Waals surface area (Å²) in [5.41, 5.74) is 7.08. The van der Waals surface area contributed by atoms with Crippen molar-refractivity contribution in [1.29, 1.82) is 0 Å². The number of halogens is 1. The first-order chi connectivity index (χ1) is 12.2. The molecule has 3 rings (SSSR count). The molecule has 0 aliphatic carbocycles. The van der Waals surface area contributed by atoms with Gasteiger partial charge < -0.3 is 20.1 Å². The molecule has 142 valence electrons. The van der Waals surface area contributed by atoms with E-state index in [4.69, 9.17) is 15.2 Å². The standard InChI is InChI=1S/C18H23N3O3S.ClH/c1-23-14-5-2-4-13(8-14)10-21(11-15-6-3-7-24-15)18(22)16-12-25-17(9-19)20-16;/h2,4-5,8,12,15H,3,6-7,9-11,19H2,1H3;1H. The summed E-state index contributed by atoms with van der Waals surface area (Å²) in [4.78, 5) is 19.1. The maximum absolute atomic E-state index is 13.0. The summed E-state index contributed by atoms with van der Waals surface area (Å²) in [6.07, 6.45) is 2.11. The highest BCUT2D eigenvalue weighted by molar-refractivity contribution is 7.09. The number of hydrogen-bond acceptors (Lipinski definition) is 6. The van der Waals surface area contributed by atoms with Crippen LogP contribution in [0.5, 0.6) is 5.75 Å². The van der Waals surface area contributed by atoms with Gasteiger partial charge in [0.15, 0.2) is 0 Å². The number of carbonyl (C=O) groups excluding carboxylic acids is 1. The van der Waals surface area contributed by atoms with Gasteiger partial charge in [-0.2, -0.15) is 0 Å². The molecule has 26 heavy (non-hydrogen) atoms. The van der Waals surface area contributed by atoms with Gasteiger partial charge in [-0.05, 0) is 30.5 Å². The predicted molar refractivity (Wildman–Crippen MR) is 104 cm³/mol. The summed E-state index contributed by atoms with van der Waals surface area (Å²) >= 11 is 1.42. The molecule has 2 aromatic rings. The molecule has 1 unspecified atom stereocenters. The van der Waals surface area contributed by atoms with Crippen LogP contribution in [-0.4, -0.2) is 42.2 Å². The fourth-order valence-electron chi connectivity index (χ4n) is 2.91. The molecule has 2 N–H and O–H groups in total. The Bertz CT molecular complexity index is 719. The SMILES string of the molecule is COc1cccc(CN(CC2CCCO2)C(=O)c2csc(CN)n2)c1.Cl. The summed E-state index contributed by atoms with van der Waals surface area (Å²) in [5, 5.41) is 2.54. The second kappa shape index (κ2) is 9.87. The van der Waals surface area contributed by atoms with Crippen LogP contribution in [0, 0.1) is 0 Å². The van der Waals surface area contributed by atoms with Crippen molar-refractivity contribution in [1.82, 2.24) is 9.88 Å². The van der Waals surface area contributed by atoms with E-state index >= 15 is 0 Å². The average Bonchev–Trinajstić information content (AvgIpc) is 3.32. The van der Waals surface area contributed by atoms with Crippen LogP contribution < -0.4 is 10.5 Å². The highest BCUT2D eigenvalue weighted by Gasteiger charge is 2.25. The Labute approximate surface area is 163 Å². The van der Waals surface area contributed by atoms with E-state index in [1.165, 1.54) is 11.3 Å². The van der Waals surface area contributed by atoms with Gasteiger partial charge in [-0.1, -0.05) is 12.1 Å². The first kappa shape index (κ1) is 20.6. The maximum Gasteiger partial charge on any atom is 0.273 e. The summed E-state index contributed by atoms with van der Waals surface area (Å²) < 4.78 is 11.0. The Balaban J connectivity index is 0.00000243. The molecule has 2 heterocycles. The number of ether oxygens (including phenoxy) is 2. The van der Waals surface area contributed by atoms with E-state index < -0.39 is 0 Å². The number of carbonyl (C=O) groups is 1. The van der Waals surface area contributed by atoms with Gasteiger partial charge in [-0.15, -0.1) is 23.7 Å². The van der Waals surface area contributed by atoms with Gasteiger partial charge in [0, 0.05) is 31.6 Å². The van der Waals surface area contributed by atoms with Crippen molar-refractivity contribution in [3.8, 4) is 5.75 Å². The number of nitrogens with zero attached hydrogens (tertiary/aromatic N) is 2. The smallest absolute Gasteiger partial charge is 0.273 e. The van der Waals surface area contributed by atoms with Crippen LogP contribution in [0.4, 0.5) is 0 Å². The minimum absolute atomic E-state index is 0. The van der Waals surface area contributed by atoms with Gasteiger partial charge in [0.25, 0.3) is 5.91 Å². The van der Waals surface area contributed by atoms with Gasteiger partial charge in [-0.25, -0.2) is 4.98 Å². The van der Waals surface area contributed by atoms with Gasteiger partial charge in [0.2, 0.25) is 0 Å². The molecule has 1 aliphatic rings. The summed E-state index contributed by atoms with van der Waals surface area (Å²) in [6, 6.07) is 7.76. The van der Waals surface area contributed by atoms with Crippen molar-refractivity contribution in [2.45, 2.75) is 32.0 Å². The first-order valence-electron chi connectivity index (χ1n) is 8.38. The monoisotopic (exact) mass is 397 g/mol. The number of hydrogen-bond donors (Lipinski definition) is 1. The fourth-order valence-corrected chi connectivity index (χ4v) is 3.56. The summed E-state index contributed by atoms with van der Waals surface area (Å²) in [7, 11) is 1.64. The summed E-state index contributed by atoms with van der Waals surface area (Å²) in [6.45, 7) is 2.16. The van der Waals surface area contributed by atoms with Crippen LogP contribution in [0.25, 0.3) is 0 Å². The van der Waals surface area contributed by atoms with Crippen LogP contribution in [0.1, 0.15) is 33.9 Å². The van der Waals surface area contributed by atoms with Crippen LogP contribution in [0.3, 0.4) is 0 Å². The highest BCUT2D eigenvalue weighted by Crippen LogP contribution is 2.20. The van der Waals surface area contributed by atoms with Crippen LogP contribution in [0.15, 0.2) is 29.6 Å². The molecule has 0 saturated carbocycles. The molecule has 1 amide bonds. The molecule has 1 saturated heterocycles. The van der Waals surface area contributed by atoms with Crippen molar-refractivity contribution < 1.29 is 14.3 Å². The molecule has 0 radical (unpaired) electrons. The highest BCUT2D eigenvalue weighted by atomic mass is 35.5. The normalized spacial score (nSPS) is 16.2.